The van der Waals surface area contributed by atoms with Crippen molar-refractivity contribution in [3.05, 3.63) is 35.6 Å². The number of hydrogen-bond acceptors (Lipinski definition) is 3. The van der Waals surface area contributed by atoms with Crippen LogP contribution in [0.5, 0.6) is 0 Å². The predicted molar refractivity (Wildman–Crippen MR) is 79.4 cm³/mol. The van der Waals surface area contributed by atoms with Crippen LogP contribution in [0, 0.1) is 5.82 Å². The van der Waals surface area contributed by atoms with Gasteiger partial charge in [0.25, 0.3) is 0 Å². The van der Waals surface area contributed by atoms with Gasteiger partial charge < -0.3 is 10.2 Å². The normalized spacial score (nSPS) is 18.5. The highest BCUT2D eigenvalue weighted by Gasteiger charge is 2.32. The van der Waals surface area contributed by atoms with Gasteiger partial charge in [-0.15, -0.1) is 0 Å². The average molecular weight is 305 g/mol. The maximum atomic E-state index is 13.0. The van der Waals surface area contributed by atoms with Crippen molar-refractivity contribution < 1.29 is 14.0 Å². The molecule has 1 aliphatic heterocycles. The van der Waals surface area contributed by atoms with E-state index in [1.165, 1.54) is 12.1 Å². The molecule has 0 spiro atoms. The highest BCUT2D eigenvalue weighted by Crippen LogP contribution is 2.28. The number of carbonyl (C=O) groups is 2. The maximum absolute atomic E-state index is 13.0. The van der Waals surface area contributed by atoms with Gasteiger partial charge in [-0.1, -0.05) is 12.1 Å². The molecule has 0 radical (unpaired) electrons. The van der Waals surface area contributed by atoms with Gasteiger partial charge in [0.05, 0.1) is 13.1 Å². The number of nitrogens with zero attached hydrogens (tertiary/aromatic N) is 2. The van der Waals surface area contributed by atoms with Gasteiger partial charge in [0.2, 0.25) is 11.8 Å². The Morgan fingerprint density at radius 3 is 2.68 bits per heavy atom. The lowest BCUT2D eigenvalue weighted by atomic mass is 10.2. The smallest absolute Gasteiger partial charge is 0.239 e. The van der Waals surface area contributed by atoms with Crippen molar-refractivity contribution in [2.24, 2.45) is 0 Å². The Kier molecular flexibility index (Phi) is 4.38. The molecule has 6 heteroatoms. The van der Waals surface area contributed by atoms with Crippen LogP contribution in [0.4, 0.5) is 4.39 Å². The number of rotatable bonds is 5. The quantitative estimate of drug-likeness (QED) is 0.873. The van der Waals surface area contributed by atoms with Crippen molar-refractivity contribution in [1.29, 1.82) is 0 Å². The molecule has 1 aromatic carbocycles. The molecule has 3 rings (SSSR count). The van der Waals surface area contributed by atoms with Crippen LogP contribution < -0.4 is 5.32 Å². The fourth-order valence-corrected chi connectivity index (χ4v) is 2.70. The first-order chi connectivity index (χ1) is 10.6. The largest absolute Gasteiger partial charge is 0.353 e. The monoisotopic (exact) mass is 305 g/mol. The van der Waals surface area contributed by atoms with Crippen LogP contribution in [0.1, 0.15) is 18.4 Å². The van der Waals surface area contributed by atoms with E-state index in [-0.39, 0.29) is 24.2 Å². The van der Waals surface area contributed by atoms with Crippen molar-refractivity contribution in [2.45, 2.75) is 25.4 Å². The second kappa shape index (κ2) is 6.44. The average Bonchev–Trinajstić information content (AvgIpc) is 3.33. The van der Waals surface area contributed by atoms with Crippen LogP contribution in [0.2, 0.25) is 0 Å². The van der Waals surface area contributed by atoms with Gasteiger partial charge in [0.1, 0.15) is 5.82 Å². The van der Waals surface area contributed by atoms with Crippen LogP contribution in [0.25, 0.3) is 0 Å². The Labute approximate surface area is 129 Å². The fraction of sp³-hybridized carbons (Fsp3) is 0.500. The van der Waals surface area contributed by atoms with Crippen molar-refractivity contribution in [3.8, 4) is 0 Å². The Bertz CT molecular complexity index is 557. The number of piperazine rings is 1. The third kappa shape index (κ3) is 3.82. The van der Waals surface area contributed by atoms with Gasteiger partial charge >= 0.3 is 0 Å². The summed E-state index contributed by atoms with van der Waals surface area (Å²) in [7, 11) is 0. The van der Waals surface area contributed by atoms with Gasteiger partial charge in [-0.2, -0.15) is 0 Å². The Morgan fingerprint density at radius 1 is 1.32 bits per heavy atom. The van der Waals surface area contributed by atoms with E-state index in [0.29, 0.717) is 32.2 Å². The second-order valence-corrected chi connectivity index (χ2v) is 5.93. The standard InChI is InChI=1S/C16H20FN3O2/c17-13-3-1-12(2-4-13)9-20(14-5-6-14)11-16(22)19-8-7-18-15(21)10-19/h1-4,14H,5-11H2,(H,18,21). The van der Waals surface area contributed by atoms with Gasteiger partial charge in [0, 0.05) is 25.7 Å². The van der Waals surface area contributed by atoms with E-state index in [0.717, 1.165) is 18.4 Å². The van der Waals surface area contributed by atoms with E-state index >= 15 is 0 Å². The number of benzene rings is 1. The topological polar surface area (TPSA) is 52.7 Å². The minimum absolute atomic E-state index is 0.0103. The number of amides is 2. The summed E-state index contributed by atoms with van der Waals surface area (Å²) in [6.45, 7) is 2.19. The summed E-state index contributed by atoms with van der Waals surface area (Å²) in [5, 5.41) is 2.72. The molecule has 5 nitrogen and oxygen atoms in total. The molecule has 22 heavy (non-hydrogen) atoms. The molecule has 1 saturated carbocycles. The summed E-state index contributed by atoms with van der Waals surface area (Å²) in [5.74, 6) is -0.364. The highest BCUT2D eigenvalue weighted by molar-refractivity contribution is 5.86. The van der Waals surface area contributed by atoms with Crippen LogP contribution >= 0.6 is 0 Å². The zero-order valence-electron chi connectivity index (χ0n) is 12.4. The summed E-state index contributed by atoms with van der Waals surface area (Å²) < 4.78 is 13.0. The van der Waals surface area contributed by atoms with Crippen LogP contribution in [-0.2, 0) is 16.1 Å². The predicted octanol–water partition coefficient (Wildman–Crippen LogP) is 0.748. The zero-order chi connectivity index (χ0) is 15.5. The molecule has 2 aliphatic rings. The molecule has 0 bridgehead atoms. The van der Waals surface area contributed by atoms with Gasteiger partial charge in [-0.25, -0.2) is 4.39 Å². The van der Waals surface area contributed by atoms with Crippen molar-refractivity contribution >= 4 is 11.8 Å². The Balaban J connectivity index is 1.60. The molecule has 1 aliphatic carbocycles. The number of nitrogens with one attached hydrogen (secondary N) is 1. The summed E-state index contributed by atoms with van der Waals surface area (Å²) in [6.07, 6.45) is 2.18. The summed E-state index contributed by atoms with van der Waals surface area (Å²) in [6, 6.07) is 6.81. The molecule has 1 N–H and O–H groups in total. The van der Waals surface area contributed by atoms with Crippen molar-refractivity contribution in [1.82, 2.24) is 15.1 Å². The molecule has 0 unspecified atom stereocenters. The third-order valence-corrected chi connectivity index (χ3v) is 4.09. The first-order valence-electron chi connectivity index (χ1n) is 7.65. The highest BCUT2D eigenvalue weighted by atomic mass is 19.1. The van der Waals surface area contributed by atoms with E-state index in [9.17, 15) is 14.0 Å². The van der Waals surface area contributed by atoms with Gasteiger partial charge in [-0.05, 0) is 30.5 Å². The molecule has 2 amide bonds. The molecule has 2 fully saturated rings. The van der Waals surface area contributed by atoms with E-state index in [4.69, 9.17) is 0 Å². The molecule has 1 heterocycles. The van der Waals surface area contributed by atoms with Gasteiger partial charge in [0.15, 0.2) is 0 Å². The van der Waals surface area contributed by atoms with Gasteiger partial charge in [-0.3, -0.25) is 14.5 Å². The van der Waals surface area contributed by atoms with Crippen molar-refractivity contribution in [2.75, 3.05) is 26.2 Å². The van der Waals surface area contributed by atoms with E-state index in [1.54, 1.807) is 17.0 Å². The van der Waals surface area contributed by atoms with E-state index in [1.807, 2.05) is 0 Å². The Morgan fingerprint density at radius 2 is 2.05 bits per heavy atom. The second-order valence-electron chi connectivity index (χ2n) is 5.93. The fourth-order valence-electron chi connectivity index (χ4n) is 2.70. The lowest BCUT2D eigenvalue weighted by Gasteiger charge is -2.30. The zero-order valence-corrected chi connectivity index (χ0v) is 12.4. The minimum atomic E-state index is -0.253. The molecule has 0 aromatic heterocycles. The molecule has 1 aromatic rings. The van der Waals surface area contributed by atoms with Crippen LogP contribution in [0.15, 0.2) is 24.3 Å². The molecule has 0 atom stereocenters. The molecular weight excluding hydrogens is 285 g/mol. The summed E-state index contributed by atoms with van der Waals surface area (Å²) >= 11 is 0. The Hall–Kier alpha value is -1.95. The first kappa shape index (κ1) is 15.0. The summed E-state index contributed by atoms with van der Waals surface area (Å²) in [5.41, 5.74) is 0.998. The third-order valence-electron chi connectivity index (χ3n) is 4.09. The molecular formula is C16H20FN3O2. The molecule has 118 valence electrons. The van der Waals surface area contributed by atoms with E-state index in [2.05, 4.69) is 10.2 Å². The SMILES string of the molecule is O=C1CN(C(=O)CN(Cc2ccc(F)cc2)C2CC2)CCN1. The molecule has 1 saturated heterocycles. The first-order valence-corrected chi connectivity index (χ1v) is 7.65. The maximum Gasteiger partial charge on any atom is 0.239 e. The lowest BCUT2D eigenvalue weighted by Crippen LogP contribution is -2.52. The van der Waals surface area contributed by atoms with E-state index < -0.39 is 0 Å². The number of halogens is 1. The number of carbonyl (C=O) groups excluding carboxylic acids is 2. The van der Waals surface area contributed by atoms with Crippen LogP contribution in [0.3, 0.4) is 0 Å². The number of hydrogen-bond donors (Lipinski definition) is 1. The minimum Gasteiger partial charge on any atom is -0.353 e. The lowest BCUT2D eigenvalue weighted by molar-refractivity contribution is -0.139. The van der Waals surface area contributed by atoms with Crippen molar-refractivity contribution in [3.63, 3.8) is 0 Å². The van der Waals surface area contributed by atoms with Crippen LogP contribution in [-0.4, -0.2) is 53.8 Å². The summed E-state index contributed by atoms with van der Waals surface area (Å²) in [4.78, 5) is 27.5.